The zero-order valence-corrected chi connectivity index (χ0v) is 14.3. The summed E-state index contributed by atoms with van der Waals surface area (Å²) in [7, 11) is 0. The Balaban J connectivity index is 1.62. The third-order valence-corrected chi connectivity index (χ3v) is 3.55. The zero-order chi connectivity index (χ0) is 18.5. The molecular formula is C19H17FN4O2. The minimum absolute atomic E-state index is 0.0181. The molecule has 6 nitrogen and oxygen atoms in total. The van der Waals surface area contributed by atoms with Crippen LogP contribution < -0.4 is 15.4 Å². The predicted molar refractivity (Wildman–Crippen MR) is 97.1 cm³/mol. The van der Waals surface area contributed by atoms with E-state index in [1.807, 2.05) is 32.0 Å². The molecule has 2 N–H and O–H groups in total. The van der Waals surface area contributed by atoms with E-state index >= 15 is 0 Å². The van der Waals surface area contributed by atoms with Crippen molar-refractivity contribution in [2.75, 3.05) is 10.6 Å². The lowest BCUT2D eigenvalue weighted by Gasteiger charge is -2.10. The highest BCUT2D eigenvalue weighted by atomic mass is 19.1. The maximum atomic E-state index is 13.5. The van der Waals surface area contributed by atoms with Crippen molar-refractivity contribution in [3.63, 3.8) is 0 Å². The molecule has 0 aliphatic rings. The van der Waals surface area contributed by atoms with Gasteiger partial charge in [0.2, 0.25) is 0 Å². The topological polar surface area (TPSA) is 76.1 Å². The number of halogens is 1. The maximum absolute atomic E-state index is 13.5. The lowest BCUT2D eigenvalue weighted by molar-refractivity contribution is 0.262. The van der Waals surface area contributed by atoms with Gasteiger partial charge in [0, 0.05) is 5.69 Å². The van der Waals surface area contributed by atoms with Crippen molar-refractivity contribution < 1.29 is 13.9 Å². The van der Waals surface area contributed by atoms with Crippen LogP contribution in [0.5, 0.6) is 11.8 Å². The van der Waals surface area contributed by atoms with E-state index in [9.17, 15) is 9.18 Å². The Hall–Kier alpha value is -3.48. The molecule has 0 radical (unpaired) electrons. The molecule has 0 aliphatic heterocycles. The van der Waals surface area contributed by atoms with Gasteiger partial charge in [-0.25, -0.2) is 19.2 Å². The number of ether oxygens (including phenoxy) is 1. The van der Waals surface area contributed by atoms with Gasteiger partial charge in [0.05, 0.1) is 18.1 Å². The van der Waals surface area contributed by atoms with E-state index < -0.39 is 11.8 Å². The van der Waals surface area contributed by atoms with Gasteiger partial charge >= 0.3 is 12.0 Å². The van der Waals surface area contributed by atoms with Gasteiger partial charge < -0.3 is 15.4 Å². The van der Waals surface area contributed by atoms with Crippen LogP contribution in [-0.4, -0.2) is 16.0 Å². The molecule has 0 bridgehead atoms. The Bertz CT molecular complexity index is 929. The molecule has 3 rings (SSSR count). The van der Waals surface area contributed by atoms with Gasteiger partial charge in [-0.15, -0.1) is 0 Å². The normalized spacial score (nSPS) is 10.3. The second kappa shape index (κ2) is 7.60. The molecule has 0 fully saturated rings. The Morgan fingerprint density at radius 3 is 2.46 bits per heavy atom. The molecule has 0 unspecified atom stereocenters. The molecule has 132 valence electrons. The van der Waals surface area contributed by atoms with Gasteiger partial charge in [0.15, 0.2) is 11.6 Å². The molecule has 0 spiro atoms. The lowest BCUT2D eigenvalue weighted by atomic mass is 10.1. The van der Waals surface area contributed by atoms with Crippen LogP contribution in [0.2, 0.25) is 0 Å². The number of hydrogen-bond donors (Lipinski definition) is 2. The smallest absolute Gasteiger partial charge is 0.323 e. The Morgan fingerprint density at radius 1 is 1.04 bits per heavy atom. The summed E-state index contributed by atoms with van der Waals surface area (Å²) < 4.78 is 18.8. The fourth-order valence-electron chi connectivity index (χ4n) is 2.30. The molecule has 26 heavy (non-hydrogen) atoms. The van der Waals surface area contributed by atoms with Crippen LogP contribution in [0.15, 0.2) is 54.9 Å². The second-order valence-corrected chi connectivity index (χ2v) is 5.68. The largest absolute Gasteiger partial charge is 0.421 e. The van der Waals surface area contributed by atoms with Crippen molar-refractivity contribution in [1.29, 1.82) is 0 Å². The number of carbonyl (C=O) groups is 1. The summed E-state index contributed by atoms with van der Waals surface area (Å²) >= 11 is 0. The molecule has 0 atom stereocenters. The van der Waals surface area contributed by atoms with E-state index in [4.69, 9.17) is 4.74 Å². The zero-order valence-electron chi connectivity index (χ0n) is 14.3. The number of nitrogens with zero attached hydrogens (tertiary/aromatic N) is 2. The van der Waals surface area contributed by atoms with Gasteiger partial charge in [-0.05, 0) is 37.6 Å². The van der Waals surface area contributed by atoms with Gasteiger partial charge in [0.1, 0.15) is 0 Å². The number of para-hydroxylation sites is 1. The first kappa shape index (κ1) is 17.3. The number of rotatable bonds is 4. The Kier molecular flexibility index (Phi) is 5.07. The lowest BCUT2D eigenvalue weighted by Crippen LogP contribution is -2.20. The van der Waals surface area contributed by atoms with Crippen molar-refractivity contribution >= 4 is 17.4 Å². The van der Waals surface area contributed by atoms with Crippen molar-refractivity contribution in [2.45, 2.75) is 13.8 Å². The number of aromatic nitrogens is 2. The van der Waals surface area contributed by atoms with Gasteiger partial charge in [-0.1, -0.05) is 29.8 Å². The number of hydrogen-bond acceptors (Lipinski definition) is 4. The summed E-state index contributed by atoms with van der Waals surface area (Å²) in [6.07, 6.45) is 2.76. The highest BCUT2D eigenvalue weighted by Gasteiger charge is 2.08. The van der Waals surface area contributed by atoms with Crippen molar-refractivity contribution in [2.24, 2.45) is 0 Å². The molecule has 7 heteroatoms. The number of carbonyl (C=O) groups excluding carboxylic acids is 1. The van der Waals surface area contributed by atoms with E-state index in [0.29, 0.717) is 11.4 Å². The molecular weight excluding hydrogens is 335 g/mol. The quantitative estimate of drug-likeness (QED) is 0.715. The monoisotopic (exact) mass is 352 g/mol. The van der Waals surface area contributed by atoms with Gasteiger partial charge in [-0.2, -0.15) is 0 Å². The average molecular weight is 352 g/mol. The van der Waals surface area contributed by atoms with E-state index in [1.165, 1.54) is 24.5 Å². The summed E-state index contributed by atoms with van der Waals surface area (Å²) in [4.78, 5) is 20.0. The molecule has 0 saturated carbocycles. The van der Waals surface area contributed by atoms with Crippen molar-refractivity contribution in [3.05, 3.63) is 71.8 Å². The summed E-state index contributed by atoms with van der Waals surface area (Å²) in [5.74, 6) is -0.480. The SMILES string of the molecule is Cc1ccc(NC(=O)Nc2cnc(Oc3ccccc3F)nc2)c(C)c1. The molecule has 2 amide bonds. The maximum Gasteiger partial charge on any atom is 0.323 e. The Morgan fingerprint density at radius 2 is 1.77 bits per heavy atom. The standard InChI is InChI=1S/C19H17FN4O2/c1-12-7-8-16(13(2)9-12)24-18(25)23-14-10-21-19(22-11-14)26-17-6-4-3-5-15(17)20/h3-11H,1-2H3,(H2,23,24,25). The van der Waals surface area contributed by atoms with Crippen molar-refractivity contribution in [3.8, 4) is 11.8 Å². The van der Waals surface area contributed by atoms with E-state index in [-0.39, 0.29) is 11.8 Å². The number of anilines is 2. The number of aryl methyl sites for hydroxylation is 2. The molecule has 1 aromatic heterocycles. The minimum atomic E-state index is -0.508. The van der Waals surface area contributed by atoms with Crippen molar-refractivity contribution in [1.82, 2.24) is 9.97 Å². The van der Waals surface area contributed by atoms with Crippen LogP contribution in [0, 0.1) is 19.7 Å². The summed E-state index contributed by atoms with van der Waals surface area (Å²) in [6, 6.07) is 11.3. The molecule has 0 saturated heterocycles. The molecule has 1 heterocycles. The number of nitrogens with one attached hydrogen (secondary N) is 2. The van der Waals surface area contributed by atoms with Crippen LogP contribution in [0.3, 0.4) is 0 Å². The van der Waals surface area contributed by atoms with Crippen LogP contribution in [0.4, 0.5) is 20.6 Å². The molecule has 2 aromatic carbocycles. The molecule has 3 aromatic rings. The van der Waals surface area contributed by atoms with Crippen LogP contribution in [-0.2, 0) is 0 Å². The fraction of sp³-hybridized carbons (Fsp3) is 0.105. The highest BCUT2D eigenvalue weighted by molar-refractivity contribution is 6.00. The highest BCUT2D eigenvalue weighted by Crippen LogP contribution is 2.21. The summed E-state index contributed by atoms with van der Waals surface area (Å²) in [5, 5.41) is 5.39. The van der Waals surface area contributed by atoms with E-state index in [0.717, 1.165) is 11.1 Å². The third-order valence-electron chi connectivity index (χ3n) is 3.55. The number of amides is 2. The predicted octanol–water partition coefficient (Wildman–Crippen LogP) is 4.67. The number of urea groups is 1. The fourth-order valence-corrected chi connectivity index (χ4v) is 2.30. The third kappa shape index (κ3) is 4.32. The van der Waals surface area contributed by atoms with E-state index in [1.54, 1.807) is 12.1 Å². The number of benzene rings is 2. The summed E-state index contributed by atoms with van der Waals surface area (Å²) in [6.45, 7) is 3.90. The van der Waals surface area contributed by atoms with Crippen LogP contribution >= 0.6 is 0 Å². The van der Waals surface area contributed by atoms with Gasteiger partial charge in [-0.3, -0.25) is 0 Å². The van der Waals surface area contributed by atoms with Crippen LogP contribution in [0.1, 0.15) is 11.1 Å². The summed E-state index contributed by atoms with van der Waals surface area (Å²) in [5.41, 5.74) is 3.18. The second-order valence-electron chi connectivity index (χ2n) is 5.68. The minimum Gasteiger partial charge on any atom is -0.421 e. The first-order valence-electron chi connectivity index (χ1n) is 7.91. The van der Waals surface area contributed by atoms with E-state index in [2.05, 4.69) is 20.6 Å². The first-order valence-corrected chi connectivity index (χ1v) is 7.91. The van der Waals surface area contributed by atoms with Gasteiger partial charge in [0.25, 0.3) is 0 Å². The molecule has 0 aliphatic carbocycles. The average Bonchev–Trinajstić information content (AvgIpc) is 2.61. The van der Waals surface area contributed by atoms with Crippen LogP contribution in [0.25, 0.3) is 0 Å². The Labute approximate surface area is 150 Å². The first-order chi connectivity index (χ1) is 12.5.